The molecule has 1 aromatic heterocycles. The highest BCUT2D eigenvalue weighted by molar-refractivity contribution is 5.93. The number of pyridine rings is 1. The number of H-pyrrole nitrogens is 1. The number of halogens is 1. The minimum Gasteiger partial charge on any atom is -0.491 e. The van der Waals surface area contributed by atoms with E-state index in [9.17, 15) is 18.8 Å². The van der Waals surface area contributed by atoms with Crippen LogP contribution in [0, 0.1) is 5.82 Å². The van der Waals surface area contributed by atoms with Gasteiger partial charge >= 0.3 is 0 Å². The first kappa shape index (κ1) is 18.6. The molecule has 0 saturated carbocycles. The number of carbonyl (C=O) groups is 2. The normalized spacial score (nSPS) is 16.4. The topological polar surface area (TPSA) is 91.5 Å². The van der Waals surface area contributed by atoms with Crippen molar-refractivity contribution in [2.75, 3.05) is 20.2 Å². The van der Waals surface area contributed by atoms with E-state index in [2.05, 4.69) is 10.3 Å². The van der Waals surface area contributed by atoms with E-state index in [-0.39, 0.29) is 35.6 Å². The van der Waals surface area contributed by atoms with Crippen LogP contribution in [0.4, 0.5) is 4.39 Å². The number of hydrogen-bond acceptors (Lipinski definition) is 4. The molecule has 1 fully saturated rings. The zero-order valence-electron chi connectivity index (χ0n) is 14.8. The first-order chi connectivity index (χ1) is 13.0. The van der Waals surface area contributed by atoms with Crippen molar-refractivity contribution < 1.29 is 18.7 Å². The van der Waals surface area contributed by atoms with Crippen LogP contribution in [-0.4, -0.2) is 47.9 Å². The van der Waals surface area contributed by atoms with Crippen molar-refractivity contribution in [3.05, 3.63) is 63.8 Å². The summed E-state index contributed by atoms with van der Waals surface area (Å²) in [6, 6.07) is 6.99. The summed E-state index contributed by atoms with van der Waals surface area (Å²) in [5, 5.41) is 2.76. The molecule has 1 aliphatic rings. The van der Waals surface area contributed by atoms with Gasteiger partial charge in [-0.1, -0.05) is 12.1 Å². The Hall–Kier alpha value is -3.16. The third-order valence-corrected chi connectivity index (χ3v) is 4.47. The minimum absolute atomic E-state index is 0.0503. The van der Waals surface area contributed by atoms with Crippen LogP contribution in [-0.2, 0) is 11.2 Å². The van der Waals surface area contributed by atoms with Gasteiger partial charge in [-0.15, -0.1) is 0 Å². The highest BCUT2D eigenvalue weighted by Gasteiger charge is 2.30. The van der Waals surface area contributed by atoms with Gasteiger partial charge in [-0.2, -0.15) is 0 Å². The molecule has 0 unspecified atom stereocenters. The van der Waals surface area contributed by atoms with Gasteiger partial charge in [-0.3, -0.25) is 14.4 Å². The molecule has 0 aliphatic carbocycles. The van der Waals surface area contributed by atoms with Crippen molar-refractivity contribution >= 4 is 11.8 Å². The quantitative estimate of drug-likeness (QED) is 0.793. The first-order valence-corrected chi connectivity index (χ1v) is 8.56. The largest absolute Gasteiger partial charge is 0.491 e. The number of ether oxygens (including phenoxy) is 1. The molecule has 2 N–H and O–H groups in total. The SMILES string of the molecule is COc1c[nH]c(C(=O)N[C@H]2CC(=O)N(CCc3ccc(F)cc3)C2)cc1=O. The van der Waals surface area contributed by atoms with Gasteiger partial charge in [0.05, 0.1) is 13.2 Å². The first-order valence-electron chi connectivity index (χ1n) is 8.56. The van der Waals surface area contributed by atoms with Crippen molar-refractivity contribution in [1.29, 1.82) is 0 Å². The van der Waals surface area contributed by atoms with Crippen molar-refractivity contribution in [1.82, 2.24) is 15.2 Å². The highest BCUT2D eigenvalue weighted by Crippen LogP contribution is 2.13. The van der Waals surface area contributed by atoms with Crippen LogP contribution in [0.1, 0.15) is 22.5 Å². The zero-order chi connectivity index (χ0) is 19.4. The van der Waals surface area contributed by atoms with Crippen molar-refractivity contribution in [2.24, 2.45) is 0 Å². The maximum Gasteiger partial charge on any atom is 0.268 e. The summed E-state index contributed by atoms with van der Waals surface area (Å²) < 4.78 is 17.8. The molecule has 0 radical (unpaired) electrons. The second-order valence-electron chi connectivity index (χ2n) is 6.37. The Labute approximate surface area is 155 Å². The van der Waals surface area contributed by atoms with E-state index in [0.29, 0.717) is 19.5 Å². The van der Waals surface area contributed by atoms with Gasteiger partial charge in [-0.25, -0.2) is 4.39 Å². The van der Waals surface area contributed by atoms with Gasteiger partial charge < -0.3 is 19.9 Å². The van der Waals surface area contributed by atoms with E-state index in [1.165, 1.54) is 25.4 Å². The molecule has 1 aromatic carbocycles. The lowest BCUT2D eigenvalue weighted by Crippen LogP contribution is -2.38. The number of aromatic amines is 1. The van der Waals surface area contributed by atoms with E-state index in [4.69, 9.17) is 4.74 Å². The van der Waals surface area contributed by atoms with Crippen LogP contribution in [0.2, 0.25) is 0 Å². The number of amides is 2. The maximum atomic E-state index is 12.9. The smallest absolute Gasteiger partial charge is 0.268 e. The number of rotatable bonds is 6. The number of methoxy groups -OCH3 is 1. The summed E-state index contributed by atoms with van der Waals surface area (Å²) in [4.78, 5) is 40.6. The van der Waals surface area contributed by atoms with E-state index in [1.807, 2.05) is 0 Å². The fourth-order valence-corrected chi connectivity index (χ4v) is 3.01. The van der Waals surface area contributed by atoms with E-state index < -0.39 is 11.3 Å². The average Bonchev–Trinajstić information content (AvgIpc) is 3.00. The monoisotopic (exact) mass is 373 g/mol. The molecule has 3 rings (SSSR count). The van der Waals surface area contributed by atoms with E-state index >= 15 is 0 Å². The molecule has 0 spiro atoms. The Morgan fingerprint density at radius 2 is 2.07 bits per heavy atom. The third kappa shape index (κ3) is 4.52. The molecule has 2 aromatic rings. The van der Waals surface area contributed by atoms with Gasteiger partial charge in [0.1, 0.15) is 11.5 Å². The number of nitrogens with zero attached hydrogens (tertiary/aromatic N) is 1. The molecule has 0 bridgehead atoms. The fourth-order valence-electron chi connectivity index (χ4n) is 3.01. The number of aromatic nitrogens is 1. The highest BCUT2D eigenvalue weighted by atomic mass is 19.1. The van der Waals surface area contributed by atoms with Crippen LogP contribution in [0.3, 0.4) is 0 Å². The molecular weight excluding hydrogens is 353 g/mol. The molecule has 1 saturated heterocycles. The van der Waals surface area contributed by atoms with Gasteiger partial charge in [0.2, 0.25) is 11.3 Å². The lowest BCUT2D eigenvalue weighted by molar-refractivity contribution is -0.127. The zero-order valence-corrected chi connectivity index (χ0v) is 14.8. The van der Waals surface area contributed by atoms with Crippen molar-refractivity contribution in [2.45, 2.75) is 18.9 Å². The third-order valence-electron chi connectivity index (χ3n) is 4.47. The number of likely N-dealkylation sites (tertiary alicyclic amines) is 1. The molecule has 8 heteroatoms. The standard InChI is InChI=1S/C19H20FN3O4/c1-27-17-10-21-15(9-16(17)24)19(26)22-14-8-18(25)23(11-14)7-6-12-2-4-13(20)5-3-12/h2-5,9-10,14H,6-8,11H2,1H3,(H,21,24)(H,22,26)/t14-/m0/s1. The summed E-state index contributed by atoms with van der Waals surface area (Å²) in [5.74, 6) is -0.677. The summed E-state index contributed by atoms with van der Waals surface area (Å²) in [7, 11) is 1.37. The van der Waals surface area contributed by atoms with E-state index in [0.717, 1.165) is 11.6 Å². The average molecular weight is 373 g/mol. The Balaban J connectivity index is 1.55. The summed E-state index contributed by atoms with van der Waals surface area (Å²) in [6.07, 6.45) is 2.14. The maximum absolute atomic E-state index is 12.9. The molecular formula is C19H20FN3O4. The Morgan fingerprint density at radius 1 is 1.33 bits per heavy atom. The summed E-state index contributed by atoms with van der Waals surface area (Å²) >= 11 is 0. The molecule has 1 atom stereocenters. The number of benzene rings is 1. The lowest BCUT2D eigenvalue weighted by Gasteiger charge is -2.17. The Bertz CT molecular complexity index is 895. The second kappa shape index (κ2) is 8.03. The van der Waals surface area contributed by atoms with Crippen LogP contribution >= 0.6 is 0 Å². The Morgan fingerprint density at radius 3 is 2.74 bits per heavy atom. The van der Waals surface area contributed by atoms with Gasteiger partial charge in [0, 0.05) is 31.8 Å². The molecule has 27 heavy (non-hydrogen) atoms. The van der Waals surface area contributed by atoms with Gasteiger partial charge in [0.25, 0.3) is 5.91 Å². The lowest BCUT2D eigenvalue weighted by atomic mass is 10.1. The predicted molar refractivity (Wildman–Crippen MR) is 96.2 cm³/mol. The molecule has 7 nitrogen and oxygen atoms in total. The predicted octanol–water partition coefficient (Wildman–Crippen LogP) is 1.10. The van der Waals surface area contributed by atoms with Crippen molar-refractivity contribution in [3.63, 3.8) is 0 Å². The number of hydrogen-bond donors (Lipinski definition) is 2. The van der Waals surface area contributed by atoms with Crippen LogP contribution in [0.5, 0.6) is 5.75 Å². The Kier molecular flexibility index (Phi) is 5.54. The van der Waals surface area contributed by atoms with Crippen LogP contribution in [0.25, 0.3) is 0 Å². The minimum atomic E-state index is -0.451. The molecule has 2 amide bonds. The van der Waals surface area contributed by atoms with Crippen molar-refractivity contribution in [3.8, 4) is 5.75 Å². The molecule has 1 aliphatic heterocycles. The van der Waals surface area contributed by atoms with Crippen LogP contribution in [0.15, 0.2) is 41.3 Å². The van der Waals surface area contributed by atoms with Gasteiger partial charge in [-0.05, 0) is 24.1 Å². The summed E-state index contributed by atoms with van der Waals surface area (Å²) in [5.41, 5.74) is 0.648. The fraction of sp³-hybridized carbons (Fsp3) is 0.316. The number of nitrogens with one attached hydrogen (secondary N) is 2. The number of carbonyl (C=O) groups excluding carboxylic acids is 2. The second-order valence-corrected chi connectivity index (χ2v) is 6.37. The molecule has 2 heterocycles. The van der Waals surface area contributed by atoms with Gasteiger partial charge in [0.15, 0.2) is 5.75 Å². The van der Waals surface area contributed by atoms with E-state index in [1.54, 1.807) is 17.0 Å². The summed E-state index contributed by atoms with van der Waals surface area (Å²) in [6.45, 7) is 0.891. The van der Waals surface area contributed by atoms with Crippen LogP contribution < -0.4 is 15.5 Å². The molecule has 142 valence electrons.